The number of carbonyl (C=O) groups excluding carboxylic acids is 2. The molecule has 10 heteroatoms. The standard InChI is InChI=1S/C25H24ClN3O5S/c1-17-4-12-22(13-5-17)35(32,33)29(21-11-6-18(2)23(26)14-21)16-24(30)28-27-15-19-7-9-20(10-8-19)25(31)34-3/h4-15H,16H2,1-3H3,(H,28,30)/b27-15-. The Bertz CT molecular complexity index is 1350. The molecule has 8 nitrogen and oxygen atoms in total. The van der Waals surface area contributed by atoms with Crippen LogP contribution in [0.4, 0.5) is 5.69 Å². The van der Waals surface area contributed by atoms with E-state index in [-0.39, 0.29) is 10.6 Å². The summed E-state index contributed by atoms with van der Waals surface area (Å²) in [5.41, 5.74) is 5.26. The average molecular weight is 514 g/mol. The molecule has 0 aliphatic rings. The first kappa shape index (κ1) is 25.9. The molecule has 3 rings (SSSR count). The Balaban J connectivity index is 1.81. The number of ether oxygens (including phenoxy) is 1. The molecule has 1 amide bonds. The number of sulfonamides is 1. The number of anilines is 1. The number of amides is 1. The van der Waals surface area contributed by atoms with Crippen LogP contribution in [0.5, 0.6) is 0 Å². The molecule has 0 aliphatic carbocycles. The van der Waals surface area contributed by atoms with Gasteiger partial charge in [0.15, 0.2) is 0 Å². The molecular formula is C25H24ClN3O5S. The maximum atomic E-state index is 13.4. The van der Waals surface area contributed by atoms with Crippen molar-refractivity contribution in [1.82, 2.24) is 5.43 Å². The highest BCUT2D eigenvalue weighted by Gasteiger charge is 2.27. The van der Waals surface area contributed by atoms with Crippen LogP contribution >= 0.6 is 11.6 Å². The van der Waals surface area contributed by atoms with Gasteiger partial charge in [0.2, 0.25) is 0 Å². The normalized spacial score (nSPS) is 11.3. The molecule has 0 saturated carbocycles. The van der Waals surface area contributed by atoms with Crippen LogP contribution in [0.1, 0.15) is 27.0 Å². The topological polar surface area (TPSA) is 105 Å². The van der Waals surface area contributed by atoms with Gasteiger partial charge >= 0.3 is 5.97 Å². The molecule has 3 aromatic carbocycles. The molecule has 0 aromatic heterocycles. The molecule has 0 spiro atoms. The third-order valence-corrected chi connectivity index (χ3v) is 7.27. The van der Waals surface area contributed by atoms with Gasteiger partial charge in [-0.2, -0.15) is 5.10 Å². The van der Waals surface area contributed by atoms with E-state index in [0.717, 1.165) is 15.4 Å². The molecule has 0 aliphatic heterocycles. The lowest BCUT2D eigenvalue weighted by atomic mass is 10.1. The van der Waals surface area contributed by atoms with Crippen molar-refractivity contribution >= 4 is 45.4 Å². The van der Waals surface area contributed by atoms with Gasteiger partial charge in [0.25, 0.3) is 15.9 Å². The van der Waals surface area contributed by atoms with Crippen LogP contribution in [0.3, 0.4) is 0 Å². The Morgan fingerprint density at radius 1 is 1.03 bits per heavy atom. The van der Waals surface area contributed by atoms with E-state index in [2.05, 4.69) is 15.3 Å². The minimum Gasteiger partial charge on any atom is -0.465 e. The van der Waals surface area contributed by atoms with E-state index in [1.807, 2.05) is 6.92 Å². The van der Waals surface area contributed by atoms with Gasteiger partial charge < -0.3 is 4.74 Å². The number of halogens is 1. The number of esters is 1. The number of carbonyl (C=O) groups is 2. The number of nitrogens with one attached hydrogen (secondary N) is 1. The molecule has 35 heavy (non-hydrogen) atoms. The van der Waals surface area contributed by atoms with Gasteiger partial charge in [0.05, 0.1) is 29.5 Å². The summed E-state index contributed by atoms with van der Waals surface area (Å²) in [7, 11) is -2.78. The molecule has 3 aromatic rings. The molecule has 0 radical (unpaired) electrons. The first-order chi connectivity index (χ1) is 16.6. The van der Waals surface area contributed by atoms with E-state index >= 15 is 0 Å². The second-order valence-corrected chi connectivity index (χ2v) is 9.93. The molecule has 0 saturated heterocycles. The molecule has 0 atom stereocenters. The van der Waals surface area contributed by atoms with Crippen molar-refractivity contribution < 1.29 is 22.7 Å². The van der Waals surface area contributed by atoms with E-state index in [1.165, 1.54) is 31.5 Å². The zero-order valence-electron chi connectivity index (χ0n) is 19.4. The molecule has 0 heterocycles. The van der Waals surface area contributed by atoms with E-state index in [9.17, 15) is 18.0 Å². The van der Waals surface area contributed by atoms with Crippen LogP contribution in [0, 0.1) is 13.8 Å². The lowest BCUT2D eigenvalue weighted by Crippen LogP contribution is -2.39. The predicted molar refractivity (Wildman–Crippen MR) is 135 cm³/mol. The molecule has 0 bridgehead atoms. The van der Waals surface area contributed by atoms with Gasteiger partial charge in [0.1, 0.15) is 6.54 Å². The summed E-state index contributed by atoms with van der Waals surface area (Å²) in [6.07, 6.45) is 1.38. The SMILES string of the molecule is COC(=O)c1ccc(/C=N\NC(=O)CN(c2ccc(C)c(Cl)c2)S(=O)(=O)c2ccc(C)cc2)cc1. The third kappa shape index (κ3) is 6.46. The van der Waals surface area contributed by atoms with Crippen molar-refractivity contribution in [2.75, 3.05) is 18.0 Å². The maximum absolute atomic E-state index is 13.4. The molecule has 0 unspecified atom stereocenters. The first-order valence-corrected chi connectivity index (χ1v) is 12.3. The Hall–Kier alpha value is -3.69. The zero-order chi connectivity index (χ0) is 25.6. The van der Waals surface area contributed by atoms with Gasteiger partial charge in [-0.3, -0.25) is 9.10 Å². The number of hydrogen-bond donors (Lipinski definition) is 1. The maximum Gasteiger partial charge on any atom is 0.337 e. The van der Waals surface area contributed by atoms with Gasteiger partial charge in [-0.05, 0) is 61.4 Å². The molecular weight excluding hydrogens is 490 g/mol. The summed E-state index contributed by atoms with van der Waals surface area (Å²) in [5, 5.41) is 4.27. The van der Waals surface area contributed by atoms with Crippen LogP contribution < -0.4 is 9.73 Å². The van der Waals surface area contributed by atoms with Crippen molar-refractivity contribution in [1.29, 1.82) is 0 Å². The van der Waals surface area contributed by atoms with Gasteiger partial charge in [-0.1, -0.05) is 47.5 Å². The molecule has 1 N–H and O–H groups in total. The van der Waals surface area contributed by atoms with Crippen molar-refractivity contribution in [3.63, 3.8) is 0 Å². The Morgan fingerprint density at radius 3 is 2.29 bits per heavy atom. The zero-order valence-corrected chi connectivity index (χ0v) is 20.9. The third-order valence-electron chi connectivity index (χ3n) is 5.07. The number of hydrogen-bond acceptors (Lipinski definition) is 6. The van der Waals surface area contributed by atoms with Crippen molar-refractivity contribution in [2.45, 2.75) is 18.7 Å². The van der Waals surface area contributed by atoms with Crippen molar-refractivity contribution in [3.05, 3.63) is 94.0 Å². The van der Waals surface area contributed by atoms with Crippen LogP contribution in [-0.4, -0.2) is 40.2 Å². The Morgan fingerprint density at radius 2 is 1.69 bits per heavy atom. The van der Waals surface area contributed by atoms with Gasteiger partial charge in [0, 0.05) is 5.02 Å². The smallest absolute Gasteiger partial charge is 0.337 e. The lowest BCUT2D eigenvalue weighted by Gasteiger charge is -2.24. The summed E-state index contributed by atoms with van der Waals surface area (Å²) in [4.78, 5) is 24.2. The number of hydrazone groups is 1. The van der Waals surface area contributed by atoms with E-state index in [4.69, 9.17) is 11.6 Å². The Labute approximate surface area is 209 Å². The largest absolute Gasteiger partial charge is 0.465 e. The van der Waals surface area contributed by atoms with Crippen LogP contribution in [-0.2, 0) is 19.6 Å². The number of benzene rings is 3. The van der Waals surface area contributed by atoms with E-state index in [1.54, 1.807) is 55.5 Å². The van der Waals surface area contributed by atoms with Gasteiger partial charge in [-0.25, -0.2) is 18.6 Å². The number of aryl methyl sites for hydroxylation is 2. The fourth-order valence-electron chi connectivity index (χ4n) is 3.06. The molecule has 182 valence electrons. The number of nitrogens with zero attached hydrogens (tertiary/aromatic N) is 2. The minimum atomic E-state index is -4.07. The highest BCUT2D eigenvalue weighted by Crippen LogP contribution is 2.28. The van der Waals surface area contributed by atoms with Gasteiger partial charge in [-0.15, -0.1) is 0 Å². The number of methoxy groups -OCH3 is 1. The highest BCUT2D eigenvalue weighted by atomic mass is 35.5. The summed E-state index contributed by atoms with van der Waals surface area (Å²) >= 11 is 6.23. The second kappa shape index (κ2) is 11.2. The second-order valence-electron chi connectivity index (χ2n) is 7.66. The highest BCUT2D eigenvalue weighted by molar-refractivity contribution is 7.92. The van der Waals surface area contributed by atoms with Crippen molar-refractivity contribution in [3.8, 4) is 0 Å². The fourth-order valence-corrected chi connectivity index (χ4v) is 4.64. The van der Waals surface area contributed by atoms with E-state index < -0.39 is 28.4 Å². The minimum absolute atomic E-state index is 0.0433. The lowest BCUT2D eigenvalue weighted by molar-refractivity contribution is -0.119. The predicted octanol–water partition coefficient (Wildman–Crippen LogP) is 4.09. The van der Waals surface area contributed by atoms with Crippen LogP contribution in [0.25, 0.3) is 0 Å². The quantitative estimate of drug-likeness (QED) is 0.277. The first-order valence-electron chi connectivity index (χ1n) is 10.5. The summed E-state index contributed by atoms with van der Waals surface area (Å²) in [5.74, 6) is -1.12. The summed E-state index contributed by atoms with van der Waals surface area (Å²) in [6.45, 7) is 3.13. The Kier molecular flexibility index (Phi) is 8.26. The summed E-state index contributed by atoms with van der Waals surface area (Å²) < 4.78 is 32.5. The fraction of sp³-hybridized carbons (Fsp3) is 0.160. The average Bonchev–Trinajstić information content (AvgIpc) is 2.84. The van der Waals surface area contributed by atoms with Crippen LogP contribution in [0.15, 0.2) is 76.7 Å². The monoisotopic (exact) mass is 513 g/mol. The van der Waals surface area contributed by atoms with E-state index in [0.29, 0.717) is 16.1 Å². The number of rotatable bonds is 8. The molecule has 0 fully saturated rings. The van der Waals surface area contributed by atoms with Crippen molar-refractivity contribution in [2.24, 2.45) is 5.10 Å². The summed E-state index contributed by atoms with van der Waals surface area (Å²) in [6, 6.07) is 17.5. The van der Waals surface area contributed by atoms with Crippen LogP contribution in [0.2, 0.25) is 5.02 Å².